The standard InChI is InChI=1S/C11H17NO2/c1-9-5-3-4-6-10(9)12-11(2,7-13)8-14/h3-6,12-14H,7-8H2,1-2H3. The number of aliphatic hydroxyl groups excluding tert-OH is 2. The van der Waals surface area contributed by atoms with Gasteiger partial charge in [0, 0.05) is 5.69 Å². The second kappa shape index (κ2) is 4.44. The molecule has 0 saturated carbocycles. The first-order valence-electron chi connectivity index (χ1n) is 4.67. The number of anilines is 1. The van der Waals surface area contributed by atoms with Gasteiger partial charge in [-0.15, -0.1) is 0 Å². The summed E-state index contributed by atoms with van der Waals surface area (Å²) in [4.78, 5) is 0. The molecular weight excluding hydrogens is 178 g/mol. The topological polar surface area (TPSA) is 52.5 Å². The molecule has 1 aromatic carbocycles. The van der Waals surface area contributed by atoms with Gasteiger partial charge in [0.05, 0.1) is 18.8 Å². The SMILES string of the molecule is Cc1ccccc1NC(C)(CO)CO. The van der Waals surface area contributed by atoms with Crippen LogP contribution in [0.3, 0.4) is 0 Å². The van der Waals surface area contributed by atoms with E-state index in [1.54, 1.807) is 6.92 Å². The molecule has 0 atom stereocenters. The molecule has 3 nitrogen and oxygen atoms in total. The summed E-state index contributed by atoms with van der Waals surface area (Å²) >= 11 is 0. The molecule has 0 aliphatic carbocycles. The van der Waals surface area contributed by atoms with Gasteiger partial charge in [-0.1, -0.05) is 18.2 Å². The van der Waals surface area contributed by atoms with E-state index >= 15 is 0 Å². The maximum Gasteiger partial charge on any atom is 0.0806 e. The van der Waals surface area contributed by atoms with Gasteiger partial charge in [-0.25, -0.2) is 0 Å². The lowest BCUT2D eigenvalue weighted by atomic mass is 10.0. The monoisotopic (exact) mass is 195 g/mol. The summed E-state index contributed by atoms with van der Waals surface area (Å²) in [5.74, 6) is 0. The van der Waals surface area contributed by atoms with Crippen LogP contribution >= 0.6 is 0 Å². The molecule has 78 valence electrons. The van der Waals surface area contributed by atoms with Crippen LogP contribution in [0.25, 0.3) is 0 Å². The molecule has 0 amide bonds. The molecule has 3 N–H and O–H groups in total. The highest BCUT2D eigenvalue weighted by Crippen LogP contribution is 2.18. The van der Waals surface area contributed by atoms with E-state index in [1.807, 2.05) is 31.2 Å². The minimum atomic E-state index is -0.661. The van der Waals surface area contributed by atoms with E-state index in [-0.39, 0.29) is 13.2 Å². The largest absolute Gasteiger partial charge is 0.394 e. The number of hydrogen-bond acceptors (Lipinski definition) is 3. The molecule has 0 bridgehead atoms. The molecule has 0 spiro atoms. The summed E-state index contributed by atoms with van der Waals surface area (Å²) in [7, 11) is 0. The number of nitrogens with one attached hydrogen (secondary N) is 1. The molecule has 0 saturated heterocycles. The predicted molar refractivity (Wildman–Crippen MR) is 57.4 cm³/mol. The Kier molecular flexibility index (Phi) is 3.49. The maximum atomic E-state index is 9.11. The van der Waals surface area contributed by atoms with Crippen molar-refractivity contribution in [2.75, 3.05) is 18.5 Å². The Hall–Kier alpha value is -1.06. The van der Waals surface area contributed by atoms with Crippen molar-refractivity contribution >= 4 is 5.69 Å². The van der Waals surface area contributed by atoms with Crippen LogP contribution in [0.2, 0.25) is 0 Å². The Morgan fingerprint density at radius 2 is 1.79 bits per heavy atom. The number of rotatable bonds is 4. The Morgan fingerprint density at radius 3 is 2.29 bits per heavy atom. The van der Waals surface area contributed by atoms with Crippen LogP contribution in [0, 0.1) is 6.92 Å². The van der Waals surface area contributed by atoms with Crippen molar-refractivity contribution in [1.29, 1.82) is 0 Å². The van der Waals surface area contributed by atoms with Crippen LogP contribution in [-0.4, -0.2) is 29.0 Å². The second-order valence-corrected chi connectivity index (χ2v) is 3.82. The van der Waals surface area contributed by atoms with Crippen LogP contribution in [-0.2, 0) is 0 Å². The van der Waals surface area contributed by atoms with Crippen LogP contribution in [0.1, 0.15) is 12.5 Å². The Morgan fingerprint density at radius 1 is 1.21 bits per heavy atom. The lowest BCUT2D eigenvalue weighted by molar-refractivity contribution is 0.147. The smallest absolute Gasteiger partial charge is 0.0806 e. The summed E-state index contributed by atoms with van der Waals surface area (Å²) in [5.41, 5.74) is 1.38. The van der Waals surface area contributed by atoms with Crippen molar-refractivity contribution in [2.24, 2.45) is 0 Å². The maximum absolute atomic E-state index is 9.11. The van der Waals surface area contributed by atoms with Gasteiger partial charge in [0.2, 0.25) is 0 Å². The molecule has 0 aliphatic heterocycles. The van der Waals surface area contributed by atoms with Gasteiger partial charge in [0.1, 0.15) is 0 Å². The average molecular weight is 195 g/mol. The van der Waals surface area contributed by atoms with Crippen molar-refractivity contribution in [1.82, 2.24) is 0 Å². The van der Waals surface area contributed by atoms with Crippen molar-refractivity contribution in [2.45, 2.75) is 19.4 Å². The van der Waals surface area contributed by atoms with E-state index in [0.717, 1.165) is 11.3 Å². The van der Waals surface area contributed by atoms with Gasteiger partial charge in [-0.05, 0) is 25.5 Å². The van der Waals surface area contributed by atoms with Gasteiger partial charge in [0.25, 0.3) is 0 Å². The zero-order chi connectivity index (χ0) is 10.6. The van der Waals surface area contributed by atoms with Crippen molar-refractivity contribution in [3.63, 3.8) is 0 Å². The van der Waals surface area contributed by atoms with Crippen molar-refractivity contribution in [3.05, 3.63) is 29.8 Å². The first kappa shape index (κ1) is 11.0. The van der Waals surface area contributed by atoms with Gasteiger partial charge < -0.3 is 15.5 Å². The van der Waals surface area contributed by atoms with E-state index in [2.05, 4.69) is 5.32 Å². The fourth-order valence-electron chi connectivity index (χ4n) is 1.17. The summed E-state index contributed by atoms with van der Waals surface area (Å²) in [6.45, 7) is 3.56. The third-order valence-corrected chi connectivity index (χ3v) is 2.28. The molecule has 0 unspecified atom stereocenters. The molecule has 1 rings (SSSR count). The minimum absolute atomic E-state index is 0.0994. The zero-order valence-corrected chi connectivity index (χ0v) is 8.62. The molecule has 0 aliphatic rings. The Bertz CT molecular complexity index is 295. The quantitative estimate of drug-likeness (QED) is 0.675. The molecule has 0 radical (unpaired) electrons. The summed E-state index contributed by atoms with van der Waals surface area (Å²) in [6.07, 6.45) is 0. The van der Waals surface area contributed by atoms with Gasteiger partial charge in [-0.3, -0.25) is 0 Å². The average Bonchev–Trinajstić information content (AvgIpc) is 2.21. The second-order valence-electron chi connectivity index (χ2n) is 3.82. The van der Waals surface area contributed by atoms with Gasteiger partial charge in [0.15, 0.2) is 0 Å². The molecular formula is C11H17NO2. The molecule has 0 fully saturated rings. The number of hydrogen-bond donors (Lipinski definition) is 3. The van der Waals surface area contributed by atoms with E-state index in [9.17, 15) is 0 Å². The van der Waals surface area contributed by atoms with Crippen LogP contribution in [0.4, 0.5) is 5.69 Å². The summed E-state index contributed by atoms with van der Waals surface area (Å²) < 4.78 is 0. The minimum Gasteiger partial charge on any atom is -0.394 e. The summed E-state index contributed by atoms with van der Waals surface area (Å²) in [5, 5.41) is 21.4. The van der Waals surface area contributed by atoms with Crippen molar-refractivity contribution < 1.29 is 10.2 Å². The third-order valence-electron chi connectivity index (χ3n) is 2.28. The fourth-order valence-corrected chi connectivity index (χ4v) is 1.17. The van der Waals surface area contributed by atoms with Crippen molar-refractivity contribution in [3.8, 4) is 0 Å². The molecule has 0 heterocycles. The van der Waals surface area contributed by atoms with E-state index in [1.165, 1.54) is 0 Å². The number of aryl methyl sites for hydroxylation is 1. The molecule has 1 aromatic rings. The number of aliphatic hydroxyl groups is 2. The third kappa shape index (κ3) is 2.47. The highest BCUT2D eigenvalue weighted by atomic mass is 16.3. The number of para-hydroxylation sites is 1. The van der Waals surface area contributed by atoms with Gasteiger partial charge >= 0.3 is 0 Å². The first-order chi connectivity index (χ1) is 6.61. The predicted octanol–water partition coefficient (Wildman–Crippen LogP) is 1.15. The van der Waals surface area contributed by atoms with Crippen LogP contribution in [0.15, 0.2) is 24.3 Å². The highest BCUT2D eigenvalue weighted by molar-refractivity contribution is 5.52. The Balaban J connectivity index is 2.82. The van der Waals surface area contributed by atoms with E-state index in [0.29, 0.717) is 0 Å². The van der Waals surface area contributed by atoms with E-state index < -0.39 is 5.54 Å². The first-order valence-corrected chi connectivity index (χ1v) is 4.67. The number of benzene rings is 1. The fraction of sp³-hybridized carbons (Fsp3) is 0.455. The molecule has 3 heteroatoms. The van der Waals surface area contributed by atoms with E-state index in [4.69, 9.17) is 10.2 Å². The summed E-state index contributed by atoms with van der Waals surface area (Å²) in [6, 6.07) is 7.79. The highest BCUT2D eigenvalue weighted by Gasteiger charge is 2.21. The normalized spacial score (nSPS) is 11.4. The van der Waals surface area contributed by atoms with Gasteiger partial charge in [-0.2, -0.15) is 0 Å². The zero-order valence-electron chi connectivity index (χ0n) is 8.62. The lowest BCUT2D eigenvalue weighted by Crippen LogP contribution is -2.42. The van der Waals surface area contributed by atoms with Crippen LogP contribution in [0.5, 0.6) is 0 Å². The Labute approximate surface area is 84.4 Å². The van der Waals surface area contributed by atoms with Crippen LogP contribution < -0.4 is 5.32 Å². The molecule has 14 heavy (non-hydrogen) atoms. The lowest BCUT2D eigenvalue weighted by Gasteiger charge is -2.28. The molecule has 0 aromatic heterocycles.